The van der Waals surface area contributed by atoms with Gasteiger partial charge in [0.2, 0.25) is 5.91 Å². The lowest BCUT2D eigenvalue weighted by atomic mass is 10.1. The molecule has 2 rings (SSSR count). The molecule has 0 aliphatic heterocycles. The maximum atomic E-state index is 11.5. The van der Waals surface area contributed by atoms with Gasteiger partial charge in [0, 0.05) is 6.54 Å². The first-order chi connectivity index (χ1) is 7.09. The summed E-state index contributed by atoms with van der Waals surface area (Å²) in [5.74, 6) is -0.300. The molecule has 2 aliphatic carbocycles. The summed E-state index contributed by atoms with van der Waals surface area (Å²) in [4.78, 5) is 22.0. The molecule has 4 nitrogen and oxygen atoms in total. The topological polar surface area (TPSA) is 66.4 Å². The van der Waals surface area contributed by atoms with Crippen molar-refractivity contribution >= 4 is 11.9 Å². The number of hydrogen-bond acceptors (Lipinski definition) is 2. The lowest BCUT2D eigenvalue weighted by Gasteiger charge is -2.10. The van der Waals surface area contributed by atoms with Crippen molar-refractivity contribution in [3.8, 4) is 0 Å². The Labute approximate surface area is 89.0 Å². The van der Waals surface area contributed by atoms with E-state index in [1.807, 2.05) is 0 Å². The Morgan fingerprint density at radius 3 is 2.53 bits per heavy atom. The lowest BCUT2D eigenvalue weighted by Crippen LogP contribution is -2.31. The second-order valence-corrected chi connectivity index (χ2v) is 4.85. The summed E-state index contributed by atoms with van der Waals surface area (Å²) in [7, 11) is 0. The number of carboxylic acids is 1. The van der Waals surface area contributed by atoms with E-state index in [0.717, 1.165) is 5.92 Å². The number of carbonyl (C=O) groups excluding carboxylic acids is 1. The van der Waals surface area contributed by atoms with Gasteiger partial charge in [0.25, 0.3) is 0 Å². The minimum Gasteiger partial charge on any atom is -0.481 e. The number of rotatable bonds is 5. The van der Waals surface area contributed by atoms with Gasteiger partial charge in [-0.05, 0) is 31.1 Å². The van der Waals surface area contributed by atoms with Crippen LogP contribution in [-0.2, 0) is 9.59 Å². The Morgan fingerprint density at radius 1 is 1.40 bits per heavy atom. The van der Waals surface area contributed by atoms with Gasteiger partial charge < -0.3 is 10.4 Å². The number of carbonyl (C=O) groups is 2. The number of carboxylic acid groups (broad SMARTS) is 1. The molecule has 15 heavy (non-hydrogen) atoms. The molecule has 2 fully saturated rings. The van der Waals surface area contributed by atoms with Crippen LogP contribution in [0.3, 0.4) is 0 Å². The highest BCUT2D eigenvalue weighted by molar-refractivity contribution is 5.89. The zero-order valence-electron chi connectivity index (χ0n) is 8.90. The first-order valence-corrected chi connectivity index (χ1v) is 5.60. The molecule has 0 spiro atoms. The lowest BCUT2D eigenvalue weighted by molar-refractivity contribution is -0.140. The second kappa shape index (κ2) is 3.83. The molecule has 0 aromatic heterocycles. The van der Waals surface area contributed by atoms with Gasteiger partial charge in [-0.1, -0.05) is 6.92 Å². The molecule has 1 amide bonds. The van der Waals surface area contributed by atoms with Gasteiger partial charge in [0.05, 0.1) is 11.8 Å². The second-order valence-electron chi connectivity index (χ2n) is 4.85. The summed E-state index contributed by atoms with van der Waals surface area (Å²) < 4.78 is 0. The molecular weight excluding hydrogens is 194 g/mol. The molecule has 1 unspecified atom stereocenters. The van der Waals surface area contributed by atoms with Crippen LogP contribution in [0.1, 0.15) is 26.2 Å². The summed E-state index contributed by atoms with van der Waals surface area (Å²) >= 11 is 0. The van der Waals surface area contributed by atoms with Crippen molar-refractivity contribution in [3.05, 3.63) is 0 Å². The van der Waals surface area contributed by atoms with Gasteiger partial charge in [0.1, 0.15) is 0 Å². The van der Waals surface area contributed by atoms with E-state index in [1.165, 1.54) is 12.8 Å². The Bertz CT molecular complexity index is 286. The van der Waals surface area contributed by atoms with E-state index in [9.17, 15) is 9.59 Å². The van der Waals surface area contributed by atoms with Crippen LogP contribution in [0.2, 0.25) is 0 Å². The van der Waals surface area contributed by atoms with E-state index >= 15 is 0 Å². The van der Waals surface area contributed by atoms with Crippen molar-refractivity contribution in [1.29, 1.82) is 0 Å². The Hall–Kier alpha value is -1.06. The number of hydrogen-bond donors (Lipinski definition) is 2. The standard InChI is InChI=1S/C11H17NO3/c1-6(7-2-3-7)5-12-10(13)8-4-9(8)11(14)15/h6-9H,2-5H2,1H3,(H,12,13)(H,14,15)/t6?,8-,9+/m1/s1. The predicted molar refractivity (Wildman–Crippen MR) is 54.1 cm³/mol. The number of aliphatic carboxylic acids is 1. The third kappa shape index (κ3) is 2.49. The van der Waals surface area contributed by atoms with Crippen LogP contribution in [0.4, 0.5) is 0 Å². The van der Waals surface area contributed by atoms with Crippen LogP contribution in [0.15, 0.2) is 0 Å². The van der Waals surface area contributed by atoms with Crippen molar-refractivity contribution in [2.24, 2.45) is 23.7 Å². The van der Waals surface area contributed by atoms with Crippen molar-refractivity contribution in [2.75, 3.05) is 6.54 Å². The van der Waals surface area contributed by atoms with Crippen LogP contribution >= 0.6 is 0 Å². The van der Waals surface area contributed by atoms with Crippen LogP contribution in [0.5, 0.6) is 0 Å². The number of amides is 1. The monoisotopic (exact) mass is 211 g/mol. The Balaban J connectivity index is 1.67. The van der Waals surface area contributed by atoms with E-state index in [1.54, 1.807) is 0 Å². The van der Waals surface area contributed by atoms with Crippen molar-refractivity contribution < 1.29 is 14.7 Å². The minimum atomic E-state index is -0.842. The van der Waals surface area contributed by atoms with Gasteiger partial charge in [-0.15, -0.1) is 0 Å². The molecule has 0 aromatic carbocycles. The highest BCUT2D eigenvalue weighted by atomic mass is 16.4. The molecule has 0 radical (unpaired) electrons. The molecule has 0 heterocycles. The predicted octanol–water partition coefficient (Wildman–Crippen LogP) is 0.869. The molecule has 84 valence electrons. The maximum absolute atomic E-state index is 11.5. The third-order valence-electron chi connectivity index (χ3n) is 3.47. The van der Waals surface area contributed by atoms with E-state index in [2.05, 4.69) is 12.2 Å². The molecule has 2 aliphatic rings. The third-order valence-corrected chi connectivity index (χ3v) is 3.47. The van der Waals surface area contributed by atoms with Gasteiger partial charge >= 0.3 is 5.97 Å². The first-order valence-electron chi connectivity index (χ1n) is 5.60. The minimum absolute atomic E-state index is 0.0742. The molecule has 3 atom stereocenters. The molecule has 0 aromatic rings. The number of nitrogens with one attached hydrogen (secondary N) is 1. The fourth-order valence-electron chi connectivity index (χ4n) is 1.98. The normalized spacial score (nSPS) is 30.7. The van der Waals surface area contributed by atoms with Gasteiger partial charge in [0.15, 0.2) is 0 Å². The van der Waals surface area contributed by atoms with Crippen molar-refractivity contribution in [2.45, 2.75) is 26.2 Å². The highest BCUT2D eigenvalue weighted by Crippen LogP contribution is 2.39. The van der Waals surface area contributed by atoms with Crippen LogP contribution in [-0.4, -0.2) is 23.5 Å². The average molecular weight is 211 g/mol. The zero-order valence-corrected chi connectivity index (χ0v) is 8.90. The largest absolute Gasteiger partial charge is 0.481 e. The fraction of sp³-hybridized carbons (Fsp3) is 0.818. The summed E-state index contributed by atoms with van der Waals surface area (Å²) in [6.45, 7) is 2.84. The van der Waals surface area contributed by atoms with Gasteiger partial charge in [-0.3, -0.25) is 9.59 Å². The van der Waals surface area contributed by atoms with E-state index in [4.69, 9.17) is 5.11 Å². The van der Waals surface area contributed by atoms with Crippen LogP contribution < -0.4 is 5.32 Å². The SMILES string of the molecule is CC(CNC(=O)[C@@H]1C[C@@H]1C(=O)O)C1CC1. The van der Waals surface area contributed by atoms with Crippen molar-refractivity contribution in [1.82, 2.24) is 5.32 Å². The maximum Gasteiger partial charge on any atom is 0.307 e. The molecule has 2 saturated carbocycles. The Morgan fingerprint density at radius 2 is 2.07 bits per heavy atom. The van der Waals surface area contributed by atoms with E-state index < -0.39 is 11.9 Å². The smallest absolute Gasteiger partial charge is 0.307 e. The quantitative estimate of drug-likeness (QED) is 0.709. The first kappa shape index (κ1) is 10.5. The fourth-order valence-corrected chi connectivity index (χ4v) is 1.98. The molecule has 4 heteroatoms. The van der Waals surface area contributed by atoms with Crippen LogP contribution in [0, 0.1) is 23.7 Å². The zero-order chi connectivity index (χ0) is 11.0. The average Bonchev–Trinajstić information content (AvgIpc) is 3.05. The van der Waals surface area contributed by atoms with Crippen LogP contribution in [0.25, 0.3) is 0 Å². The summed E-state index contributed by atoms with van der Waals surface area (Å²) in [6.07, 6.45) is 3.06. The van der Waals surface area contributed by atoms with Gasteiger partial charge in [-0.25, -0.2) is 0 Å². The Kier molecular flexibility index (Phi) is 2.67. The summed E-state index contributed by atoms with van der Waals surface area (Å²) in [5.41, 5.74) is 0. The highest BCUT2D eigenvalue weighted by Gasteiger charge is 2.48. The molecular formula is C11H17NO3. The van der Waals surface area contributed by atoms with Gasteiger partial charge in [-0.2, -0.15) is 0 Å². The summed E-state index contributed by atoms with van der Waals surface area (Å²) in [5, 5.41) is 11.5. The van der Waals surface area contributed by atoms with E-state index in [0.29, 0.717) is 18.9 Å². The van der Waals surface area contributed by atoms with Crippen molar-refractivity contribution in [3.63, 3.8) is 0 Å². The molecule has 2 N–H and O–H groups in total. The molecule has 0 saturated heterocycles. The molecule has 0 bridgehead atoms. The summed E-state index contributed by atoms with van der Waals surface area (Å²) in [6, 6.07) is 0. The van der Waals surface area contributed by atoms with E-state index in [-0.39, 0.29) is 11.8 Å².